The predicted octanol–water partition coefficient (Wildman–Crippen LogP) is 2.25. The zero-order chi connectivity index (χ0) is 23.1. The quantitative estimate of drug-likeness (QED) is 0.666. The molecule has 1 aromatic carbocycles. The van der Waals surface area contributed by atoms with Crippen LogP contribution in [0.2, 0.25) is 0 Å². The first-order valence-electron chi connectivity index (χ1n) is 11.2. The van der Waals surface area contributed by atoms with E-state index >= 15 is 0 Å². The Bertz CT molecular complexity index is 1010. The summed E-state index contributed by atoms with van der Waals surface area (Å²) >= 11 is 0. The molecule has 1 aliphatic carbocycles. The van der Waals surface area contributed by atoms with Crippen molar-refractivity contribution in [3.63, 3.8) is 0 Å². The third kappa shape index (κ3) is 4.13. The van der Waals surface area contributed by atoms with Crippen molar-refractivity contribution in [3.05, 3.63) is 29.8 Å². The summed E-state index contributed by atoms with van der Waals surface area (Å²) in [5, 5.41) is 3.50. The van der Waals surface area contributed by atoms with Crippen LogP contribution in [0.5, 0.6) is 0 Å². The first kappa shape index (κ1) is 22.7. The molecule has 0 aromatic heterocycles. The van der Waals surface area contributed by atoms with Gasteiger partial charge in [0, 0.05) is 18.7 Å². The first-order chi connectivity index (χ1) is 15.1. The van der Waals surface area contributed by atoms with E-state index in [1.165, 1.54) is 28.6 Å². The molecule has 3 fully saturated rings. The summed E-state index contributed by atoms with van der Waals surface area (Å²) in [6.07, 6.45) is 4.41. The predicted molar refractivity (Wildman–Crippen MR) is 117 cm³/mol. The maximum atomic E-state index is 12.9. The summed E-state index contributed by atoms with van der Waals surface area (Å²) in [6.45, 7) is 5.19. The van der Waals surface area contributed by atoms with Gasteiger partial charge < -0.3 is 5.32 Å². The van der Waals surface area contributed by atoms with E-state index in [9.17, 15) is 22.8 Å². The fourth-order valence-electron chi connectivity index (χ4n) is 4.63. The molecule has 4 rings (SSSR count). The lowest BCUT2D eigenvalue weighted by atomic mass is 9.77. The minimum atomic E-state index is -3.62. The summed E-state index contributed by atoms with van der Waals surface area (Å²) in [4.78, 5) is 38.1. The summed E-state index contributed by atoms with van der Waals surface area (Å²) in [5.41, 5.74) is 1.60. The van der Waals surface area contributed by atoms with Crippen LogP contribution in [0.4, 0.5) is 4.79 Å². The van der Waals surface area contributed by atoms with Gasteiger partial charge in [0.25, 0.3) is 11.8 Å². The van der Waals surface area contributed by atoms with Gasteiger partial charge in [0.2, 0.25) is 10.0 Å². The Morgan fingerprint density at radius 2 is 1.56 bits per heavy atom. The Labute approximate surface area is 188 Å². The number of hydrogen-bond acceptors (Lipinski definition) is 5. The summed E-state index contributed by atoms with van der Waals surface area (Å²) in [5.74, 6) is -0.0852. The number of amides is 4. The summed E-state index contributed by atoms with van der Waals surface area (Å²) in [7, 11) is -3.62. The number of benzene rings is 1. The molecule has 174 valence electrons. The van der Waals surface area contributed by atoms with Crippen LogP contribution < -0.4 is 10.7 Å². The van der Waals surface area contributed by atoms with Gasteiger partial charge in [-0.1, -0.05) is 13.8 Å². The monoisotopic (exact) mass is 462 g/mol. The number of carbonyl (C=O) groups is 3. The molecule has 10 heteroatoms. The van der Waals surface area contributed by atoms with Gasteiger partial charge in [-0.2, -0.15) is 9.31 Å². The molecular formula is C22H30N4O5S. The van der Waals surface area contributed by atoms with Crippen molar-refractivity contribution in [3.8, 4) is 0 Å². The topological polar surface area (TPSA) is 116 Å². The van der Waals surface area contributed by atoms with Crippen LogP contribution in [-0.4, -0.2) is 54.2 Å². The average Bonchev–Trinajstić information content (AvgIpc) is 3.00. The number of nitrogens with zero attached hydrogens (tertiary/aromatic N) is 2. The Kier molecular flexibility index (Phi) is 6.02. The number of hydrogen-bond donors (Lipinski definition) is 2. The van der Waals surface area contributed by atoms with Crippen molar-refractivity contribution in [1.82, 2.24) is 20.1 Å². The zero-order valence-electron chi connectivity index (χ0n) is 18.5. The largest absolute Gasteiger partial charge is 0.344 e. The SMILES string of the molecule is CC1CCN(S(=O)(=O)c2ccc(C(=O)NN3C(=O)NC4(CCC(C)CC4)C3=O)cc2)CC1. The average molecular weight is 463 g/mol. The fourth-order valence-corrected chi connectivity index (χ4v) is 6.10. The normalized spacial score (nSPS) is 27.6. The van der Waals surface area contributed by atoms with E-state index < -0.39 is 33.4 Å². The van der Waals surface area contributed by atoms with Crippen molar-refractivity contribution >= 4 is 27.9 Å². The Balaban J connectivity index is 1.43. The minimum absolute atomic E-state index is 0.119. The van der Waals surface area contributed by atoms with Crippen LogP contribution in [0, 0.1) is 11.8 Å². The van der Waals surface area contributed by atoms with E-state index in [0.29, 0.717) is 37.8 Å². The molecule has 2 N–H and O–H groups in total. The third-order valence-corrected chi connectivity index (χ3v) is 8.91. The Morgan fingerprint density at radius 3 is 2.16 bits per heavy atom. The molecular weight excluding hydrogens is 432 g/mol. The van der Waals surface area contributed by atoms with Crippen LogP contribution in [0.15, 0.2) is 29.2 Å². The number of sulfonamides is 1. The minimum Gasteiger partial charge on any atom is -0.322 e. The lowest BCUT2D eigenvalue weighted by Crippen LogP contribution is -2.51. The van der Waals surface area contributed by atoms with E-state index in [1.807, 2.05) is 0 Å². The number of urea groups is 1. The van der Waals surface area contributed by atoms with Crippen LogP contribution in [0.25, 0.3) is 0 Å². The number of nitrogens with one attached hydrogen (secondary N) is 2. The van der Waals surface area contributed by atoms with Gasteiger partial charge in [0.05, 0.1) is 4.90 Å². The molecule has 9 nitrogen and oxygen atoms in total. The van der Waals surface area contributed by atoms with Crippen molar-refractivity contribution in [2.75, 3.05) is 13.1 Å². The molecule has 0 atom stereocenters. The second-order valence-corrected chi connectivity index (χ2v) is 11.3. The second kappa shape index (κ2) is 8.47. The molecule has 32 heavy (non-hydrogen) atoms. The van der Waals surface area contributed by atoms with E-state index in [2.05, 4.69) is 24.6 Å². The molecule has 3 aliphatic rings. The highest BCUT2D eigenvalue weighted by molar-refractivity contribution is 7.89. The van der Waals surface area contributed by atoms with Crippen molar-refractivity contribution in [2.24, 2.45) is 11.8 Å². The highest BCUT2D eigenvalue weighted by atomic mass is 32.2. The van der Waals surface area contributed by atoms with Gasteiger partial charge >= 0.3 is 6.03 Å². The van der Waals surface area contributed by atoms with E-state index in [1.54, 1.807) is 0 Å². The maximum Gasteiger partial charge on any atom is 0.344 e. The lowest BCUT2D eigenvalue weighted by Gasteiger charge is -2.33. The third-order valence-electron chi connectivity index (χ3n) is 7.00. The molecule has 1 saturated carbocycles. The summed E-state index contributed by atoms with van der Waals surface area (Å²) in [6, 6.07) is 4.92. The lowest BCUT2D eigenvalue weighted by molar-refractivity contribution is -0.134. The smallest absolute Gasteiger partial charge is 0.322 e. The van der Waals surface area contributed by atoms with Crippen molar-refractivity contribution in [1.29, 1.82) is 0 Å². The fraction of sp³-hybridized carbons (Fsp3) is 0.591. The molecule has 1 spiro atoms. The van der Waals surface area contributed by atoms with Gasteiger partial charge in [-0.15, -0.1) is 0 Å². The van der Waals surface area contributed by atoms with Gasteiger partial charge in [-0.3, -0.25) is 15.0 Å². The molecule has 0 bridgehead atoms. The van der Waals surface area contributed by atoms with Crippen LogP contribution >= 0.6 is 0 Å². The molecule has 2 aliphatic heterocycles. The van der Waals surface area contributed by atoms with Gasteiger partial charge in [0.15, 0.2) is 0 Å². The van der Waals surface area contributed by atoms with Crippen LogP contribution in [0.1, 0.15) is 62.7 Å². The first-order valence-corrected chi connectivity index (χ1v) is 12.6. The number of imide groups is 1. The second-order valence-electron chi connectivity index (χ2n) is 9.39. The molecule has 4 amide bonds. The number of piperidine rings is 1. The highest BCUT2D eigenvalue weighted by Crippen LogP contribution is 2.35. The van der Waals surface area contributed by atoms with Crippen LogP contribution in [-0.2, 0) is 14.8 Å². The highest BCUT2D eigenvalue weighted by Gasteiger charge is 2.53. The van der Waals surface area contributed by atoms with Crippen molar-refractivity contribution in [2.45, 2.75) is 62.8 Å². The molecule has 2 saturated heterocycles. The Hall–Kier alpha value is -2.46. The van der Waals surface area contributed by atoms with E-state index in [-0.39, 0.29) is 10.5 Å². The molecule has 0 radical (unpaired) electrons. The Morgan fingerprint density at radius 1 is 1.00 bits per heavy atom. The zero-order valence-corrected chi connectivity index (χ0v) is 19.3. The standard InChI is InChI=1S/C22H30N4O5S/c1-15-7-11-22(12-8-15)20(28)26(21(29)23-22)24-19(27)17-3-5-18(6-4-17)32(30,31)25-13-9-16(2)10-14-25/h3-6,15-16H,7-14H2,1-2H3,(H,23,29)(H,24,27). The summed E-state index contributed by atoms with van der Waals surface area (Å²) < 4.78 is 27.2. The van der Waals surface area contributed by atoms with Crippen LogP contribution in [0.3, 0.4) is 0 Å². The molecule has 1 aromatic rings. The molecule has 0 unspecified atom stereocenters. The number of carbonyl (C=O) groups excluding carboxylic acids is 3. The van der Waals surface area contributed by atoms with Gasteiger partial charge in [-0.05, 0) is 74.6 Å². The van der Waals surface area contributed by atoms with E-state index in [0.717, 1.165) is 30.7 Å². The van der Waals surface area contributed by atoms with Crippen molar-refractivity contribution < 1.29 is 22.8 Å². The van der Waals surface area contributed by atoms with Gasteiger partial charge in [0.1, 0.15) is 5.54 Å². The van der Waals surface area contributed by atoms with E-state index in [4.69, 9.17) is 0 Å². The number of rotatable bonds is 4. The maximum absolute atomic E-state index is 12.9. The van der Waals surface area contributed by atoms with Gasteiger partial charge in [-0.25, -0.2) is 13.2 Å². The number of hydrazine groups is 1. The molecule has 2 heterocycles.